The first-order valence-electron chi connectivity index (χ1n) is 7.85. The molecular formula is C17H20N4O. The van der Waals surface area contributed by atoms with Crippen LogP contribution in [-0.2, 0) is 11.2 Å². The second kappa shape index (κ2) is 5.57. The molecule has 5 heteroatoms. The molecule has 114 valence electrons. The van der Waals surface area contributed by atoms with Gasteiger partial charge in [-0.1, -0.05) is 18.2 Å². The van der Waals surface area contributed by atoms with Gasteiger partial charge in [-0.25, -0.2) is 9.97 Å². The van der Waals surface area contributed by atoms with E-state index in [-0.39, 0.29) is 0 Å². The average Bonchev–Trinajstić information content (AvgIpc) is 2.91. The Bertz CT molecular complexity index is 669. The number of para-hydroxylation sites is 1. The molecule has 3 heterocycles. The summed E-state index contributed by atoms with van der Waals surface area (Å²) in [5.74, 6) is 1.97. The maximum atomic E-state index is 5.42. The number of aromatic nitrogens is 2. The summed E-state index contributed by atoms with van der Waals surface area (Å²) in [4.78, 5) is 13.6. The van der Waals surface area contributed by atoms with Crippen molar-refractivity contribution in [2.75, 3.05) is 36.1 Å². The van der Waals surface area contributed by atoms with E-state index in [1.54, 1.807) is 6.33 Å². The number of nitrogens with zero attached hydrogens (tertiary/aromatic N) is 4. The summed E-state index contributed by atoms with van der Waals surface area (Å²) < 4.78 is 5.42. The number of ether oxygens (including phenoxy) is 1. The Morgan fingerprint density at radius 3 is 2.73 bits per heavy atom. The Kier molecular flexibility index (Phi) is 3.42. The first-order valence-corrected chi connectivity index (χ1v) is 7.85. The molecule has 2 aromatic rings. The SMILES string of the molecule is CC1Cc2ccccc2N1c1cc(N2CCOCC2)ncn1. The van der Waals surface area contributed by atoms with Crippen LogP contribution in [0.4, 0.5) is 17.3 Å². The van der Waals surface area contributed by atoms with E-state index in [0.717, 1.165) is 44.4 Å². The minimum absolute atomic E-state index is 0.421. The lowest BCUT2D eigenvalue weighted by atomic mass is 10.1. The highest BCUT2D eigenvalue weighted by atomic mass is 16.5. The first kappa shape index (κ1) is 13.5. The Labute approximate surface area is 130 Å². The van der Waals surface area contributed by atoms with E-state index in [0.29, 0.717) is 6.04 Å². The molecule has 5 nitrogen and oxygen atoms in total. The summed E-state index contributed by atoms with van der Waals surface area (Å²) in [5, 5.41) is 0. The fraction of sp³-hybridized carbons (Fsp3) is 0.412. The van der Waals surface area contributed by atoms with Gasteiger partial charge >= 0.3 is 0 Å². The summed E-state index contributed by atoms with van der Waals surface area (Å²) in [6.07, 6.45) is 2.74. The highest BCUT2D eigenvalue weighted by Crippen LogP contribution is 2.37. The third-order valence-electron chi connectivity index (χ3n) is 4.43. The summed E-state index contributed by atoms with van der Waals surface area (Å²) in [6.45, 7) is 5.56. The van der Waals surface area contributed by atoms with Crippen molar-refractivity contribution in [2.24, 2.45) is 0 Å². The van der Waals surface area contributed by atoms with Gasteiger partial charge in [0.15, 0.2) is 0 Å². The largest absolute Gasteiger partial charge is 0.378 e. The van der Waals surface area contributed by atoms with E-state index in [4.69, 9.17) is 4.74 Å². The van der Waals surface area contributed by atoms with Crippen LogP contribution in [0.5, 0.6) is 0 Å². The Morgan fingerprint density at radius 1 is 1.09 bits per heavy atom. The molecule has 1 unspecified atom stereocenters. The van der Waals surface area contributed by atoms with E-state index in [2.05, 4.69) is 57.0 Å². The average molecular weight is 296 g/mol. The van der Waals surface area contributed by atoms with Crippen molar-refractivity contribution in [1.29, 1.82) is 0 Å². The maximum Gasteiger partial charge on any atom is 0.138 e. The van der Waals surface area contributed by atoms with Crippen molar-refractivity contribution in [3.05, 3.63) is 42.2 Å². The topological polar surface area (TPSA) is 41.5 Å². The minimum Gasteiger partial charge on any atom is -0.378 e. The van der Waals surface area contributed by atoms with Crippen molar-refractivity contribution >= 4 is 17.3 Å². The van der Waals surface area contributed by atoms with Crippen molar-refractivity contribution in [1.82, 2.24) is 9.97 Å². The standard InChI is InChI=1S/C17H20N4O/c1-13-10-14-4-2-3-5-15(14)21(13)17-11-16(18-12-19-17)20-6-8-22-9-7-20/h2-5,11-13H,6-10H2,1H3. The number of morpholine rings is 1. The third kappa shape index (κ3) is 2.31. The predicted octanol–water partition coefficient (Wildman–Crippen LogP) is 2.40. The van der Waals surface area contributed by atoms with Gasteiger partial charge in [-0.15, -0.1) is 0 Å². The molecule has 0 amide bonds. The third-order valence-corrected chi connectivity index (χ3v) is 4.43. The second-order valence-corrected chi connectivity index (χ2v) is 5.89. The van der Waals surface area contributed by atoms with Crippen LogP contribution in [0, 0.1) is 0 Å². The molecule has 0 N–H and O–H groups in total. The quantitative estimate of drug-likeness (QED) is 0.851. The zero-order valence-electron chi connectivity index (χ0n) is 12.8. The minimum atomic E-state index is 0.421. The number of fused-ring (bicyclic) bond motifs is 1. The first-order chi connectivity index (χ1) is 10.8. The van der Waals surface area contributed by atoms with Crippen LogP contribution in [0.2, 0.25) is 0 Å². The molecule has 1 saturated heterocycles. The lowest BCUT2D eigenvalue weighted by Crippen LogP contribution is -2.37. The van der Waals surface area contributed by atoms with Gasteiger partial charge in [0.1, 0.15) is 18.0 Å². The van der Waals surface area contributed by atoms with Gasteiger partial charge in [0.25, 0.3) is 0 Å². The van der Waals surface area contributed by atoms with Crippen LogP contribution in [0.3, 0.4) is 0 Å². The van der Waals surface area contributed by atoms with Gasteiger partial charge in [-0.05, 0) is 25.0 Å². The predicted molar refractivity (Wildman–Crippen MR) is 86.8 cm³/mol. The summed E-state index contributed by atoms with van der Waals surface area (Å²) in [7, 11) is 0. The van der Waals surface area contributed by atoms with Crippen LogP contribution in [0.25, 0.3) is 0 Å². The molecule has 0 saturated carbocycles. The molecule has 0 bridgehead atoms. The molecule has 2 aliphatic heterocycles. The number of rotatable bonds is 2. The van der Waals surface area contributed by atoms with E-state index in [9.17, 15) is 0 Å². The fourth-order valence-corrected chi connectivity index (χ4v) is 3.35. The van der Waals surface area contributed by atoms with Crippen LogP contribution in [-0.4, -0.2) is 42.3 Å². The van der Waals surface area contributed by atoms with Crippen molar-refractivity contribution in [3.63, 3.8) is 0 Å². The summed E-state index contributed by atoms with van der Waals surface area (Å²) in [6, 6.07) is 11.1. The highest BCUT2D eigenvalue weighted by molar-refractivity contribution is 5.70. The molecule has 1 atom stereocenters. The number of hydrogen-bond donors (Lipinski definition) is 0. The summed E-state index contributed by atoms with van der Waals surface area (Å²) >= 11 is 0. The van der Waals surface area contributed by atoms with Gasteiger partial charge in [-0.3, -0.25) is 0 Å². The number of hydrogen-bond acceptors (Lipinski definition) is 5. The maximum absolute atomic E-state index is 5.42. The molecule has 0 aliphatic carbocycles. The molecule has 0 spiro atoms. The normalized spacial score (nSPS) is 21.0. The summed E-state index contributed by atoms with van der Waals surface area (Å²) in [5.41, 5.74) is 2.66. The number of benzene rings is 1. The van der Waals surface area contributed by atoms with Gasteiger partial charge in [-0.2, -0.15) is 0 Å². The molecular weight excluding hydrogens is 276 g/mol. The van der Waals surface area contributed by atoms with E-state index < -0.39 is 0 Å². The highest BCUT2D eigenvalue weighted by Gasteiger charge is 2.28. The smallest absolute Gasteiger partial charge is 0.138 e. The Balaban J connectivity index is 1.68. The Morgan fingerprint density at radius 2 is 1.86 bits per heavy atom. The van der Waals surface area contributed by atoms with Gasteiger partial charge in [0, 0.05) is 30.9 Å². The number of anilines is 3. The van der Waals surface area contributed by atoms with Crippen molar-refractivity contribution in [2.45, 2.75) is 19.4 Å². The monoisotopic (exact) mass is 296 g/mol. The second-order valence-electron chi connectivity index (χ2n) is 5.89. The molecule has 2 aliphatic rings. The zero-order chi connectivity index (χ0) is 14.9. The van der Waals surface area contributed by atoms with E-state index in [1.165, 1.54) is 11.3 Å². The van der Waals surface area contributed by atoms with Crippen LogP contribution in [0.1, 0.15) is 12.5 Å². The van der Waals surface area contributed by atoms with Gasteiger partial charge in [0.05, 0.1) is 13.2 Å². The molecule has 1 aromatic heterocycles. The van der Waals surface area contributed by atoms with Crippen molar-refractivity contribution < 1.29 is 4.74 Å². The van der Waals surface area contributed by atoms with E-state index in [1.807, 2.05) is 0 Å². The van der Waals surface area contributed by atoms with E-state index >= 15 is 0 Å². The lowest BCUT2D eigenvalue weighted by Gasteiger charge is -2.29. The molecule has 4 rings (SSSR count). The van der Waals surface area contributed by atoms with Crippen molar-refractivity contribution in [3.8, 4) is 0 Å². The molecule has 22 heavy (non-hydrogen) atoms. The Hall–Kier alpha value is -2.14. The lowest BCUT2D eigenvalue weighted by molar-refractivity contribution is 0.122. The van der Waals surface area contributed by atoms with Gasteiger partial charge in [0.2, 0.25) is 0 Å². The van der Waals surface area contributed by atoms with Crippen LogP contribution >= 0.6 is 0 Å². The fourth-order valence-electron chi connectivity index (χ4n) is 3.35. The molecule has 0 radical (unpaired) electrons. The zero-order valence-corrected chi connectivity index (χ0v) is 12.8. The molecule has 1 aromatic carbocycles. The van der Waals surface area contributed by atoms with Crippen LogP contribution in [0.15, 0.2) is 36.7 Å². The van der Waals surface area contributed by atoms with Crippen LogP contribution < -0.4 is 9.80 Å². The van der Waals surface area contributed by atoms with Gasteiger partial charge < -0.3 is 14.5 Å². The molecule has 1 fully saturated rings.